The molecule has 2 unspecified atom stereocenters. The van der Waals surface area contributed by atoms with Gasteiger partial charge in [-0.2, -0.15) is 11.8 Å². The molecule has 4 heteroatoms. The summed E-state index contributed by atoms with van der Waals surface area (Å²) in [7, 11) is 0. The van der Waals surface area contributed by atoms with Crippen LogP contribution in [-0.4, -0.2) is 29.8 Å². The second-order valence-electron chi connectivity index (χ2n) is 5.48. The summed E-state index contributed by atoms with van der Waals surface area (Å²) in [6.45, 7) is 2.53. The zero-order chi connectivity index (χ0) is 13.3. The normalized spacial score (nSPS) is 30.7. The fourth-order valence-electron chi connectivity index (χ4n) is 2.83. The average Bonchev–Trinajstić information content (AvgIpc) is 2.82. The van der Waals surface area contributed by atoms with Crippen LogP contribution in [0, 0.1) is 12.7 Å². The monoisotopic (exact) mass is 282 g/mol. The Hall–Kier alpha value is -0.740. The predicted octanol–water partition coefficient (Wildman–Crippen LogP) is 3.57. The van der Waals surface area contributed by atoms with E-state index in [0.717, 1.165) is 37.4 Å². The van der Waals surface area contributed by atoms with Crippen LogP contribution in [0.5, 0.6) is 5.75 Å². The van der Waals surface area contributed by atoms with Gasteiger partial charge in [0.2, 0.25) is 0 Å². The van der Waals surface area contributed by atoms with E-state index in [1.165, 1.54) is 11.8 Å². The molecule has 0 amide bonds. The van der Waals surface area contributed by atoms with Gasteiger partial charge < -0.3 is 9.47 Å². The van der Waals surface area contributed by atoms with Crippen LogP contribution in [0.1, 0.15) is 24.8 Å². The van der Waals surface area contributed by atoms with Gasteiger partial charge in [0.25, 0.3) is 0 Å². The molecule has 0 aliphatic carbocycles. The van der Waals surface area contributed by atoms with Crippen LogP contribution < -0.4 is 4.74 Å². The number of hydrogen-bond donors (Lipinski definition) is 0. The van der Waals surface area contributed by atoms with E-state index in [-0.39, 0.29) is 17.5 Å². The van der Waals surface area contributed by atoms with Crippen LogP contribution in [0.4, 0.5) is 4.39 Å². The van der Waals surface area contributed by atoms with Crippen molar-refractivity contribution in [3.63, 3.8) is 0 Å². The van der Waals surface area contributed by atoms with E-state index in [0.29, 0.717) is 5.56 Å². The number of aryl methyl sites for hydroxylation is 1. The van der Waals surface area contributed by atoms with Crippen LogP contribution in [0.15, 0.2) is 18.2 Å². The van der Waals surface area contributed by atoms with Crippen LogP contribution in [0.2, 0.25) is 0 Å². The van der Waals surface area contributed by atoms with Gasteiger partial charge in [-0.1, -0.05) is 0 Å². The van der Waals surface area contributed by atoms with E-state index in [1.807, 2.05) is 11.8 Å². The number of halogens is 1. The molecule has 2 atom stereocenters. The molecule has 0 saturated carbocycles. The third-order valence-electron chi connectivity index (χ3n) is 3.95. The minimum Gasteiger partial charge on any atom is -0.490 e. The van der Waals surface area contributed by atoms with Gasteiger partial charge in [0.15, 0.2) is 0 Å². The van der Waals surface area contributed by atoms with Crippen molar-refractivity contribution in [1.82, 2.24) is 0 Å². The van der Waals surface area contributed by atoms with Crippen LogP contribution >= 0.6 is 11.8 Å². The molecule has 3 rings (SSSR count). The van der Waals surface area contributed by atoms with E-state index in [9.17, 15) is 4.39 Å². The Morgan fingerprint density at radius 1 is 1.47 bits per heavy atom. The molecule has 0 radical (unpaired) electrons. The van der Waals surface area contributed by atoms with Crippen molar-refractivity contribution >= 4 is 11.8 Å². The Bertz CT molecular complexity index is 457. The van der Waals surface area contributed by atoms with Crippen LogP contribution in [-0.2, 0) is 4.74 Å². The van der Waals surface area contributed by atoms with Gasteiger partial charge >= 0.3 is 0 Å². The quantitative estimate of drug-likeness (QED) is 0.826. The zero-order valence-corrected chi connectivity index (χ0v) is 12.0. The number of rotatable bonds is 2. The molecule has 2 aliphatic heterocycles. The van der Waals surface area contributed by atoms with Crippen molar-refractivity contribution in [3.8, 4) is 5.75 Å². The maximum absolute atomic E-state index is 13.2. The zero-order valence-electron chi connectivity index (χ0n) is 11.2. The number of hydrogen-bond acceptors (Lipinski definition) is 3. The Morgan fingerprint density at radius 3 is 3.11 bits per heavy atom. The average molecular weight is 282 g/mol. The number of benzene rings is 1. The van der Waals surface area contributed by atoms with Crippen molar-refractivity contribution in [2.75, 3.05) is 18.1 Å². The summed E-state index contributed by atoms with van der Waals surface area (Å²) >= 11 is 1.96. The molecule has 2 saturated heterocycles. The van der Waals surface area contributed by atoms with Crippen molar-refractivity contribution in [2.24, 2.45) is 0 Å². The van der Waals surface area contributed by atoms with Gasteiger partial charge in [-0.05, 0) is 42.9 Å². The molecule has 0 bridgehead atoms. The first-order valence-electron chi connectivity index (χ1n) is 6.81. The van der Waals surface area contributed by atoms with Crippen LogP contribution in [0.3, 0.4) is 0 Å². The Balaban J connectivity index is 1.67. The molecular weight excluding hydrogens is 263 g/mol. The minimum atomic E-state index is -0.178. The molecular formula is C15H19FO2S. The Morgan fingerprint density at radius 2 is 2.37 bits per heavy atom. The fourth-order valence-corrected chi connectivity index (χ4v) is 4.21. The van der Waals surface area contributed by atoms with Gasteiger partial charge in [-0.3, -0.25) is 0 Å². The van der Waals surface area contributed by atoms with Crippen molar-refractivity contribution in [1.29, 1.82) is 0 Å². The number of thioether (sulfide) groups is 1. The van der Waals surface area contributed by atoms with E-state index < -0.39 is 0 Å². The molecule has 2 fully saturated rings. The maximum Gasteiger partial charge on any atom is 0.126 e. The van der Waals surface area contributed by atoms with Crippen LogP contribution in [0.25, 0.3) is 0 Å². The first kappa shape index (κ1) is 13.3. The second-order valence-corrected chi connectivity index (χ2v) is 6.58. The van der Waals surface area contributed by atoms with E-state index >= 15 is 0 Å². The summed E-state index contributed by atoms with van der Waals surface area (Å²) in [5.41, 5.74) is 0.665. The molecule has 2 nitrogen and oxygen atoms in total. The highest BCUT2D eigenvalue weighted by Crippen LogP contribution is 2.39. The van der Waals surface area contributed by atoms with Crippen molar-refractivity contribution in [2.45, 2.75) is 37.9 Å². The topological polar surface area (TPSA) is 18.5 Å². The lowest BCUT2D eigenvalue weighted by Crippen LogP contribution is -2.43. The second kappa shape index (κ2) is 5.33. The smallest absolute Gasteiger partial charge is 0.126 e. The molecule has 2 heterocycles. The first-order chi connectivity index (χ1) is 9.17. The summed E-state index contributed by atoms with van der Waals surface area (Å²) in [6.07, 6.45) is 3.19. The molecule has 104 valence electrons. The van der Waals surface area contributed by atoms with Crippen molar-refractivity contribution in [3.05, 3.63) is 29.6 Å². The Labute approximate surface area is 117 Å². The Kier molecular flexibility index (Phi) is 3.72. The summed E-state index contributed by atoms with van der Waals surface area (Å²) in [5, 5.41) is 0. The van der Waals surface area contributed by atoms with Gasteiger partial charge in [0, 0.05) is 18.6 Å². The van der Waals surface area contributed by atoms with Gasteiger partial charge in [0.05, 0.1) is 12.2 Å². The summed E-state index contributed by atoms with van der Waals surface area (Å²) in [5.74, 6) is 2.85. The molecule has 0 aromatic heterocycles. The maximum atomic E-state index is 13.2. The fraction of sp³-hybridized carbons (Fsp3) is 0.600. The summed E-state index contributed by atoms with van der Waals surface area (Å²) < 4.78 is 25.2. The molecule has 0 N–H and O–H groups in total. The largest absolute Gasteiger partial charge is 0.490 e. The highest BCUT2D eigenvalue weighted by atomic mass is 32.2. The lowest BCUT2D eigenvalue weighted by molar-refractivity contribution is -0.0959. The molecule has 1 aromatic rings. The number of ether oxygens (including phenoxy) is 2. The van der Waals surface area contributed by atoms with Gasteiger partial charge in [-0.15, -0.1) is 0 Å². The lowest BCUT2D eigenvalue weighted by Gasteiger charge is -2.37. The third-order valence-corrected chi connectivity index (χ3v) is 5.17. The molecule has 1 aromatic carbocycles. The standard InChI is InChI=1S/C15H19FO2S/c1-11-8-12(2-3-14(11)16)18-13-4-6-17-15(9-13)5-7-19-10-15/h2-3,8,13H,4-7,9-10H2,1H3. The van der Waals surface area contributed by atoms with E-state index in [4.69, 9.17) is 9.47 Å². The molecule has 1 spiro atoms. The highest BCUT2D eigenvalue weighted by Gasteiger charge is 2.41. The summed E-state index contributed by atoms with van der Waals surface area (Å²) in [4.78, 5) is 0. The highest BCUT2D eigenvalue weighted by molar-refractivity contribution is 7.99. The van der Waals surface area contributed by atoms with Gasteiger partial charge in [0.1, 0.15) is 17.7 Å². The van der Waals surface area contributed by atoms with E-state index in [2.05, 4.69) is 0 Å². The third kappa shape index (κ3) is 2.90. The van der Waals surface area contributed by atoms with E-state index in [1.54, 1.807) is 19.1 Å². The SMILES string of the molecule is Cc1cc(OC2CCOC3(CCSC3)C2)ccc1F. The van der Waals surface area contributed by atoms with Crippen molar-refractivity contribution < 1.29 is 13.9 Å². The minimum absolute atomic E-state index is 0.0304. The lowest BCUT2D eigenvalue weighted by atomic mass is 9.91. The molecule has 19 heavy (non-hydrogen) atoms. The van der Waals surface area contributed by atoms with Gasteiger partial charge in [-0.25, -0.2) is 4.39 Å². The first-order valence-corrected chi connectivity index (χ1v) is 7.97. The molecule has 2 aliphatic rings. The predicted molar refractivity (Wildman–Crippen MR) is 75.4 cm³/mol. The summed E-state index contributed by atoms with van der Waals surface area (Å²) in [6, 6.07) is 4.97.